The smallest absolute Gasteiger partial charge is 0.0482 e. The average molecular weight is 306 g/mol. The summed E-state index contributed by atoms with van der Waals surface area (Å²) in [4.78, 5) is 2.66. The molecule has 2 aliphatic rings. The zero-order valence-corrected chi connectivity index (χ0v) is 14.2. The molecule has 0 amide bonds. The topological polar surface area (TPSA) is 15.3 Å². The summed E-state index contributed by atoms with van der Waals surface area (Å²) < 4.78 is 0. The maximum Gasteiger partial charge on any atom is 0.0482 e. The summed E-state index contributed by atoms with van der Waals surface area (Å²) in [5, 5.41) is 3.51. The first kappa shape index (κ1) is 14.8. The van der Waals surface area contributed by atoms with Crippen LogP contribution in [0.15, 0.2) is 42.5 Å². The third-order valence-electron chi connectivity index (χ3n) is 5.57. The molecule has 4 rings (SSSR count). The molecule has 0 fully saturated rings. The molecule has 2 atom stereocenters. The van der Waals surface area contributed by atoms with E-state index < -0.39 is 0 Å². The Hall–Kier alpha value is -1.80. The van der Waals surface area contributed by atoms with Gasteiger partial charge >= 0.3 is 0 Å². The summed E-state index contributed by atoms with van der Waals surface area (Å²) in [7, 11) is 0. The molecule has 120 valence electrons. The lowest BCUT2D eigenvalue weighted by atomic mass is 9.92. The van der Waals surface area contributed by atoms with Crippen LogP contribution in [0.1, 0.15) is 42.9 Å². The van der Waals surface area contributed by atoms with Crippen LogP contribution < -0.4 is 10.2 Å². The first-order valence-electron chi connectivity index (χ1n) is 9.01. The van der Waals surface area contributed by atoms with Gasteiger partial charge in [0.2, 0.25) is 0 Å². The summed E-state index contributed by atoms with van der Waals surface area (Å²) in [6, 6.07) is 16.5. The zero-order chi connectivity index (χ0) is 15.8. The van der Waals surface area contributed by atoms with Crippen LogP contribution in [0.25, 0.3) is 0 Å². The van der Waals surface area contributed by atoms with Crippen molar-refractivity contribution in [2.45, 2.75) is 45.1 Å². The second-order valence-electron chi connectivity index (χ2n) is 6.85. The lowest BCUT2D eigenvalue weighted by Gasteiger charge is -2.31. The minimum absolute atomic E-state index is 0.560. The van der Waals surface area contributed by atoms with Crippen molar-refractivity contribution in [1.29, 1.82) is 0 Å². The Morgan fingerprint density at radius 3 is 2.70 bits per heavy atom. The lowest BCUT2D eigenvalue weighted by molar-refractivity contribution is 0.524. The Kier molecular flexibility index (Phi) is 3.86. The van der Waals surface area contributed by atoms with Crippen molar-refractivity contribution in [3.63, 3.8) is 0 Å². The van der Waals surface area contributed by atoms with Gasteiger partial charge in [0.1, 0.15) is 0 Å². The van der Waals surface area contributed by atoms with Crippen molar-refractivity contribution < 1.29 is 0 Å². The molecule has 2 aromatic rings. The Morgan fingerprint density at radius 2 is 1.83 bits per heavy atom. The molecule has 0 saturated carbocycles. The Labute approximate surface area is 139 Å². The molecule has 0 saturated heterocycles. The minimum atomic E-state index is 0.560. The van der Waals surface area contributed by atoms with Gasteiger partial charge in [-0.1, -0.05) is 50.2 Å². The molecule has 2 nitrogen and oxygen atoms in total. The van der Waals surface area contributed by atoms with Gasteiger partial charge in [-0.3, -0.25) is 0 Å². The normalized spacial score (nSPS) is 21.7. The fraction of sp³-hybridized carbons (Fsp3) is 0.429. The molecule has 0 aromatic heterocycles. The Balaban J connectivity index is 1.82. The molecule has 2 heteroatoms. The largest absolute Gasteiger partial charge is 0.337 e. The van der Waals surface area contributed by atoms with Gasteiger partial charge < -0.3 is 10.2 Å². The van der Waals surface area contributed by atoms with E-state index in [-0.39, 0.29) is 0 Å². The number of aryl methyl sites for hydroxylation is 2. The Morgan fingerprint density at radius 1 is 1.04 bits per heavy atom. The Bertz CT molecular complexity index is 707. The van der Waals surface area contributed by atoms with Gasteiger partial charge in [-0.25, -0.2) is 0 Å². The van der Waals surface area contributed by atoms with Gasteiger partial charge in [0.25, 0.3) is 0 Å². The molecule has 23 heavy (non-hydrogen) atoms. The number of nitrogens with zero attached hydrogens (tertiary/aromatic N) is 1. The SMILES string of the molecule is CCNCCC1C(C)c2cccc3c2N1c1ccccc1CC3. The third kappa shape index (κ3) is 2.36. The summed E-state index contributed by atoms with van der Waals surface area (Å²) in [6.45, 7) is 6.74. The predicted octanol–water partition coefficient (Wildman–Crippen LogP) is 4.41. The van der Waals surface area contributed by atoms with E-state index in [1.165, 1.54) is 28.9 Å². The van der Waals surface area contributed by atoms with Crippen LogP contribution in [-0.4, -0.2) is 19.1 Å². The van der Waals surface area contributed by atoms with Crippen LogP contribution in [-0.2, 0) is 12.8 Å². The van der Waals surface area contributed by atoms with Crippen LogP contribution in [0.5, 0.6) is 0 Å². The van der Waals surface area contributed by atoms with Crippen molar-refractivity contribution in [2.24, 2.45) is 0 Å². The maximum atomic E-state index is 3.51. The monoisotopic (exact) mass is 306 g/mol. The number of nitrogens with one attached hydrogen (secondary N) is 1. The quantitative estimate of drug-likeness (QED) is 0.842. The van der Waals surface area contributed by atoms with Gasteiger partial charge in [0.15, 0.2) is 0 Å². The molecule has 2 heterocycles. The van der Waals surface area contributed by atoms with Crippen molar-refractivity contribution in [3.05, 3.63) is 59.2 Å². The predicted molar refractivity (Wildman–Crippen MR) is 97.8 cm³/mol. The molecule has 2 aromatic carbocycles. The van der Waals surface area contributed by atoms with Crippen molar-refractivity contribution in [2.75, 3.05) is 18.0 Å². The van der Waals surface area contributed by atoms with Crippen molar-refractivity contribution in [1.82, 2.24) is 5.32 Å². The van der Waals surface area contributed by atoms with Gasteiger partial charge in [0, 0.05) is 23.3 Å². The molecule has 0 spiro atoms. The first-order chi connectivity index (χ1) is 11.3. The third-order valence-corrected chi connectivity index (χ3v) is 5.57. The maximum absolute atomic E-state index is 3.51. The molecule has 0 bridgehead atoms. The molecular weight excluding hydrogens is 280 g/mol. The number of anilines is 2. The minimum Gasteiger partial charge on any atom is -0.337 e. The van der Waals surface area contributed by atoms with E-state index in [1.807, 2.05) is 0 Å². The van der Waals surface area contributed by atoms with Crippen molar-refractivity contribution >= 4 is 11.4 Å². The van der Waals surface area contributed by atoms with Crippen LogP contribution in [0.4, 0.5) is 11.4 Å². The molecular formula is C21H26N2. The fourth-order valence-corrected chi connectivity index (χ4v) is 4.40. The molecule has 1 N–H and O–H groups in total. The highest BCUT2D eigenvalue weighted by molar-refractivity contribution is 5.78. The van der Waals surface area contributed by atoms with Crippen LogP contribution in [0.2, 0.25) is 0 Å². The number of fused-ring (bicyclic) bond motifs is 2. The molecule has 2 unspecified atom stereocenters. The van der Waals surface area contributed by atoms with E-state index in [9.17, 15) is 0 Å². The molecule has 2 aliphatic heterocycles. The highest BCUT2D eigenvalue weighted by Crippen LogP contribution is 2.50. The standard InChI is InChI=1S/C21H26N2/c1-3-22-14-13-19-15(2)18-9-6-8-17-12-11-16-7-4-5-10-20(16)23(19)21(17)18/h4-10,15,19,22H,3,11-14H2,1-2H3. The number of benzene rings is 2. The fourth-order valence-electron chi connectivity index (χ4n) is 4.40. The van der Waals surface area contributed by atoms with Crippen LogP contribution in [0, 0.1) is 0 Å². The number of hydrogen-bond donors (Lipinski definition) is 1. The zero-order valence-electron chi connectivity index (χ0n) is 14.2. The van der Waals surface area contributed by atoms with E-state index in [1.54, 1.807) is 5.56 Å². The van der Waals surface area contributed by atoms with Gasteiger partial charge in [0.05, 0.1) is 0 Å². The second kappa shape index (κ2) is 6.01. The van der Waals surface area contributed by atoms with E-state index in [0.29, 0.717) is 12.0 Å². The van der Waals surface area contributed by atoms with Gasteiger partial charge in [-0.2, -0.15) is 0 Å². The molecule has 0 radical (unpaired) electrons. The van der Waals surface area contributed by atoms with E-state index >= 15 is 0 Å². The van der Waals surface area contributed by atoms with Gasteiger partial charge in [-0.15, -0.1) is 0 Å². The number of hydrogen-bond acceptors (Lipinski definition) is 2. The average Bonchev–Trinajstić information content (AvgIpc) is 2.76. The van der Waals surface area contributed by atoms with Crippen LogP contribution in [0.3, 0.4) is 0 Å². The van der Waals surface area contributed by atoms with Gasteiger partial charge in [-0.05, 0) is 55.1 Å². The number of rotatable bonds is 4. The first-order valence-corrected chi connectivity index (χ1v) is 9.01. The summed E-state index contributed by atoms with van der Waals surface area (Å²) in [5.41, 5.74) is 7.50. The highest BCUT2D eigenvalue weighted by atomic mass is 15.2. The van der Waals surface area contributed by atoms with Crippen molar-refractivity contribution in [3.8, 4) is 0 Å². The second-order valence-corrected chi connectivity index (χ2v) is 6.85. The summed E-state index contributed by atoms with van der Waals surface area (Å²) >= 11 is 0. The molecule has 0 aliphatic carbocycles. The van der Waals surface area contributed by atoms with E-state index in [0.717, 1.165) is 25.9 Å². The lowest BCUT2D eigenvalue weighted by Crippen LogP contribution is -2.33. The summed E-state index contributed by atoms with van der Waals surface area (Å²) in [5.74, 6) is 0.592. The highest BCUT2D eigenvalue weighted by Gasteiger charge is 2.39. The van der Waals surface area contributed by atoms with Crippen LogP contribution >= 0.6 is 0 Å². The summed E-state index contributed by atoms with van der Waals surface area (Å²) in [6.07, 6.45) is 3.50. The van der Waals surface area contributed by atoms with E-state index in [4.69, 9.17) is 0 Å². The number of para-hydroxylation sites is 2. The van der Waals surface area contributed by atoms with E-state index in [2.05, 4.69) is 66.5 Å².